The van der Waals surface area contributed by atoms with Gasteiger partial charge in [0.1, 0.15) is 10.8 Å². The predicted octanol–water partition coefficient (Wildman–Crippen LogP) is 1.71. The number of aromatic hydroxyl groups is 1. The van der Waals surface area contributed by atoms with Crippen molar-refractivity contribution in [1.82, 2.24) is 10.2 Å². The molecule has 0 saturated carbocycles. The number of carboxylic acid groups (broad SMARTS) is 1. The van der Waals surface area contributed by atoms with Crippen molar-refractivity contribution in [3.8, 4) is 16.3 Å². The van der Waals surface area contributed by atoms with Gasteiger partial charge in [0.05, 0.1) is 6.42 Å². The van der Waals surface area contributed by atoms with Gasteiger partial charge >= 0.3 is 5.97 Å². The lowest BCUT2D eigenvalue weighted by Gasteiger charge is -1.98. The second kappa shape index (κ2) is 6.11. The second-order valence-electron chi connectivity index (χ2n) is 3.90. The normalized spacial score (nSPS) is 10.2. The molecule has 1 heterocycles. The van der Waals surface area contributed by atoms with E-state index in [0.29, 0.717) is 10.1 Å². The number of rotatable bonds is 5. The van der Waals surface area contributed by atoms with Crippen molar-refractivity contribution in [3.63, 3.8) is 0 Å². The van der Waals surface area contributed by atoms with E-state index in [1.54, 1.807) is 12.1 Å². The summed E-state index contributed by atoms with van der Waals surface area (Å²) >= 11 is 1.17. The number of hydrogen-bond donors (Lipinski definition) is 3. The number of benzene rings is 1. The van der Waals surface area contributed by atoms with Gasteiger partial charge in [-0.25, -0.2) is 0 Å². The van der Waals surface area contributed by atoms with Crippen molar-refractivity contribution >= 4 is 28.3 Å². The Bertz CT molecular complexity index is 624. The van der Waals surface area contributed by atoms with E-state index in [-0.39, 0.29) is 18.6 Å². The lowest BCUT2D eigenvalue weighted by molar-refractivity contribution is -0.138. The summed E-state index contributed by atoms with van der Waals surface area (Å²) in [5, 5.41) is 28.8. The van der Waals surface area contributed by atoms with Gasteiger partial charge in [0.2, 0.25) is 11.0 Å². The van der Waals surface area contributed by atoms with Crippen LogP contribution in [-0.2, 0) is 9.59 Å². The predicted molar refractivity (Wildman–Crippen MR) is 72.5 cm³/mol. The molecule has 0 spiro atoms. The van der Waals surface area contributed by atoms with Crippen molar-refractivity contribution in [2.45, 2.75) is 12.8 Å². The van der Waals surface area contributed by atoms with Gasteiger partial charge < -0.3 is 15.5 Å². The largest absolute Gasteiger partial charge is 0.508 e. The number of aliphatic carboxylic acids is 1. The van der Waals surface area contributed by atoms with Crippen LogP contribution in [0, 0.1) is 0 Å². The lowest BCUT2D eigenvalue weighted by atomic mass is 10.2. The molecule has 1 amide bonds. The molecule has 1 aromatic carbocycles. The third-order valence-electron chi connectivity index (χ3n) is 2.35. The summed E-state index contributed by atoms with van der Waals surface area (Å²) in [7, 11) is 0. The van der Waals surface area contributed by atoms with Gasteiger partial charge in [-0.2, -0.15) is 0 Å². The van der Waals surface area contributed by atoms with Gasteiger partial charge in [-0.15, -0.1) is 10.2 Å². The molecule has 2 rings (SSSR count). The van der Waals surface area contributed by atoms with E-state index in [9.17, 15) is 14.7 Å². The molecule has 0 fully saturated rings. The number of carbonyl (C=O) groups excluding carboxylic acids is 1. The van der Waals surface area contributed by atoms with Gasteiger partial charge in [0.25, 0.3) is 0 Å². The first-order valence-corrected chi connectivity index (χ1v) is 6.51. The molecule has 3 N–H and O–H groups in total. The zero-order valence-electron chi connectivity index (χ0n) is 10.2. The Balaban J connectivity index is 2.00. The molecular weight excluding hydrogens is 282 g/mol. The van der Waals surface area contributed by atoms with Crippen LogP contribution in [0.4, 0.5) is 5.13 Å². The van der Waals surface area contributed by atoms with E-state index in [1.807, 2.05) is 0 Å². The molecule has 0 atom stereocenters. The maximum absolute atomic E-state index is 11.4. The molecule has 0 bridgehead atoms. The summed E-state index contributed by atoms with van der Waals surface area (Å²) in [6.07, 6.45) is -0.334. The lowest BCUT2D eigenvalue weighted by Crippen LogP contribution is -2.12. The third-order valence-corrected chi connectivity index (χ3v) is 3.24. The highest BCUT2D eigenvalue weighted by Gasteiger charge is 2.10. The number of carboxylic acids is 1. The molecule has 0 aliphatic rings. The van der Waals surface area contributed by atoms with Crippen LogP contribution in [0.3, 0.4) is 0 Å². The minimum atomic E-state index is -1.03. The van der Waals surface area contributed by atoms with E-state index in [2.05, 4.69) is 15.5 Å². The Kier molecular flexibility index (Phi) is 4.26. The number of hydrogen-bond acceptors (Lipinski definition) is 6. The first-order chi connectivity index (χ1) is 9.54. The number of aromatic nitrogens is 2. The van der Waals surface area contributed by atoms with Crippen LogP contribution < -0.4 is 5.32 Å². The van der Waals surface area contributed by atoms with E-state index >= 15 is 0 Å². The average Bonchev–Trinajstić information content (AvgIpc) is 2.85. The minimum absolute atomic E-state index is 0.108. The van der Waals surface area contributed by atoms with Crippen LogP contribution >= 0.6 is 11.3 Å². The van der Waals surface area contributed by atoms with Crippen LogP contribution in [-0.4, -0.2) is 32.3 Å². The topological polar surface area (TPSA) is 112 Å². The van der Waals surface area contributed by atoms with Crippen molar-refractivity contribution in [2.24, 2.45) is 0 Å². The number of carbonyl (C=O) groups is 2. The molecule has 0 saturated heterocycles. The molecule has 1 aromatic heterocycles. The molecule has 20 heavy (non-hydrogen) atoms. The van der Waals surface area contributed by atoms with Gasteiger partial charge in [0.15, 0.2) is 0 Å². The van der Waals surface area contributed by atoms with Crippen LogP contribution in [0.25, 0.3) is 10.6 Å². The quantitative estimate of drug-likeness (QED) is 0.773. The maximum atomic E-state index is 11.4. The summed E-state index contributed by atoms with van der Waals surface area (Å²) in [6, 6.07) is 6.43. The van der Waals surface area contributed by atoms with Crippen molar-refractivity contribution in [3.05, 3.63) is 24.3 Å². The van der Waals surface area contributed by atoms with Crippen molar-refractivity contribution in [2.75, 3.05) is 5.32 Å². The highest BCUT2D eigenvalue weighted by Crippen LogP contribution is 2.27. The molecule has 0 unspecified atom stereocenters. The monoisotopic (exact) mass is 293 g/mol. The fourth-order valence-corrected chi connectivity index (χ4v) is 2.16. The van der Waals surface area contributed by atoms with Gasteiger partial charge in [-0.3, -0.25) is 9.59 Å². The Labute approximate surface area is 117 Å². The first-order valence-electron chi connectivity index (χ1n) is 5.69. The number of nitrogens with zero attached hydrogens (tertiary/aromatic N) is 2. The van der Waals surface area contributed by atoms with Crippen LogP contribution in [0.15, 0.2) is 24.3 Å². The molecular formula is C12H11N3O4S. The number of phenolic OH excluding ortho intramolecular Hbond substituents is 1. The molecule has 2 aromatic rings. The number of amides is 1. The van der Waals surface area contributed by atoms with E-state index in [0.717, 1.165) is 5.56 Å². The smallest absolute Gasteiger partial charge is 0.303 e. The fraction of sp³-hybridized carbons (Fsp3) is 0.167. The summed E-state index contributed by atoms with van der Waals surface area (Å²) in [4.78, 5) is 21.8. The Morgan fingerprint density at radius 1 is 1.15 bits per heavy atom. The van der Waals surface area contributed by atoms with Crippen molar-refractivity contribution in [1.29, 1.82) is 0 Å². The zero-order valence-corrected chi connectivity index (χ0v) is 11.1. The summed E-state index contributed by atoms with van der Waals surface area (Å²) in [5.74, 6) is -1.29. The highest BCUT2D eigenvalue weighted by atomic mass is 32.1. The number of phenols is 1. The van der Waals surface area contributed by atoms with Crippen LogP contribution in [0.5, 0.6) is 5.75 Å². The number of anilines is 1. The maximum Gasteiger partial charge on any atom is 0.303 e. The molecule has 104 valence electrons. The summed E-state index contributed by atoms with van der Waals surface area (Å²) in [6.45, 7) is 0. The Morgan fingerprint density at radius 3 is 2.50 bits per heavy atom. The Hall–Kier alpha value is -2.48. The summed E-state index contributed by atoms with van der Waals surface area (Å²) < 4.78 is 0. The second-order valence-corrected chi connectivity index (χ2v) is 4.88. The molecule has 0 radical (unpaired) electrons. The standard InChI is InChI=1S/C12H11N3O4S/c16-8-3-1-7(2-4-8)11-14-15-12(20-11)13-9(17)5-6-10(18)19/h1-4,16H,5-6H2,(H,18,19)(H,13,15,17). The summed E-state index contributed by atoms with van der Waals surface area (Å²) in [5.41, 5.74) is 0.770. The van der Waals surface area contributed by atoms with Crippen LogP contribution in [0.2, 0.25) is 0 Å². The zero-order chi connectivity index (χ0) is 14.5. The third kappa shape index (κ3) is 3.75. The van der Waals surface area contributed by atoms with E-state index in [1.165, 1.54) is 23.5 Å². The minimum Gasteiger partial charge on any atom is -0.508 e. The van der Waals surface area contributed by atoms with E-state index < -0.39 is 11.9 Å². The highest BCUT2D eigenvalue weighted by molar-refractivity contribution is 7.18. The van der Waals surface area contributed by atoms with Gasteiger partial charge in [-0.05, 0) is 24.3 Å². The molecule has 0 aliphatic carbocycles. The van der Waals surface area contributed by atoms with Crippen molar-refractivity contribution < 1.29 is 19.8 Å². The first kappa shape index (κ1) is 13.9. The Morgan fingerprint density at radius 2 is 1.85 bits per heavy atom. The van der Waals surface area contributed by atoms with E-state index in [4.69, 9.17) is 5.11 Å². The molecule has 8 heteroatoms. The molecule has 0 aliphatic heterocycles. The van der Waals surface area contributed by atoms with Gasteiger partial charge in [-0.1, -0.05) is 11.3 Å². The van der Waals surface area contributed by atoms with Crippen LogP contribution in [0.1, 0.15) is 12.8 Å². The SMILES string of the molecule is O=C(O)CCC(=O)Nc1nnc(-c2ccc(O)cc2)s1. The fourth-order valence-electron chi connectivity index (χ4n) is 1.40. The number of nitrogens with one attached hydrogen (secondary N) is 1. The molecule has 7 nitrogen and oxygen atoms in total. The van der Waals surface area contributed by atoms with Gasteiger partial charge in [0, 0.05) is 12.0 Å². The average molecular weight is 293 g/mol.